The summed E-state index contributed by atoms with van der Waals surface area (Å²) < 4.78 is 168. The van der Waals surface area contributed by atoms with E-state index in [-0.39, 0.29) is 16.3 Å². The number of phenols is 1. The number of hydrogen-bond donors (Lipinski definition) is 9. The highest BCUT2D eigenvalue weighted by Gasteiger charge is 2.29. The lowest BCUT2D eigenvalue weighted by Crippen LogP contribution is -2.12. The second kappa shape index (κ2) is 17.6. The maximum absolute atomic E-state index is 13.2. The molecule has 7 aromatic carbocycles. The number of rotatable bonds is 13. The van der Waals surface area contributed by atoms with Gasteiger partial charge in [-0.15, -0.1) is 15.3 Å². The van der Waals surface area contributed by atoms with E-state index >= 15 is 0 Å². The van der Waals surface area contributed by atoms with E-state index in [1.165, 1.54) is 30.3 Å². The van der Waals surface area contributed by atoms with E-state index in [0.29, 0.717) is 40.9 Å². The van der Waals surface area contributed by atoms with Gasteiger partial charge >= 0.3 is 0 Å². The smallest absolute Gasteiger partial charge is 0.296 e. The van der Waals surface area contributed by atoms with Gasteiger partial charge in [0.1, 0.15) is 36.6 Å². The lowest BCUT2D eigenvalue weighted by Gasteiger charge is -2.14. The van der Waals surface area contributed by atoms with Crippen molar-refractivity contribution in [2.24, 2.45) is 30.7 Å². The summed E-state index contributed by atoms with van der Waals surface area (Å²) in [4.78, 5) is -4.37. The fraction of sp³-hybridized carbons (Fsp3) is 0. The molecular formula is C38H30N10O15S5. The summed E-state index contributed by atoms with van der Waals surface area (Å²) in [5.41, 5.74) is 15.9. The van der Waals surface area contributed by atoms with Gasteiger partial charge in [0.2, 0.25) is 0 Å². The van der Waals surface area contributed by atoms with Gasteiger partial charge in [-0.05, 0) is 102 Å². The van der Waals surface area contributed by atoms with Crippen LogP contribution in [0.25, 0.3) is 21.5 Å². The molecule has 0 aliphatic rings. The van der Waals surface area contributed by atoms with Crippen LogP contribution in [0.2, 0.25) is 0 Å². The zero-order valence-electron chi connectivity index (χ0n) is 33.7. The minimum atomic E-state index is -5.39. The van der Waals surface area contributed by atoms with Crippen LogP contribution < -0.4 is 21.9 Å². The highest BCUT2D eigenvalue weighted by molar-refractivity contribution is 7.92. The topological polar surface area (TPSA) is 436 Å². The molecule has 0 amide bonds. The van der Waals surface area contributed by atoms with Crippen LogP contribution in [0, 0.1) is 0 Å². The number of anilines is 4. The summed E-state index contributed by atoms with van der Waals surface area (Å²) in [6.45, 7) is 0. The fourth-order valence-corrected chi connectivity index (χ4v) is 10.2. The van der Waals surface area contributed by atoms with Crippen LogP contribution in [-0.2, 0) is 50.5 Å². The Labute approximate surface area is 384 Å². The van der Waals surface area contributed by atoms with E-state index in [9.17, 15) is 65.4 Å². The van der Waals surface area contributed by atoms with Crippen LogP contribution in [0.3, 0.4) is 0 Å². The molecule has 68 heavy (non-hydrogen) atoms. The maximum Gasteiger partial charge on any atom is 0.296 e. The number of sulfonamides is 1. The van der Waals surface area contributed by atoms with Crippen molar-refractivity contribution in [3.8, 4) is 5.75 Å². The number of hydrogen-bond acceptors (Lipinski definition) is 20. The van der Waals surface area contributed by atoms with Crippen molar-refractivity contribution < 1.29 is 65.4 Å². The first-order valence-electron chi connectivity index (χ1n) is 18.3. The highest BCUT2D eigenvalue weighted by atomic mass is 32.2. The molecule has 0 fully saturated rings. The molecule has 0 unspecified atom stereocenters. The van der Waals surface area contributed by atoms with Gasteiger partial charge in [-0.2, -0.15) is 49.0 Å². The molecule has 0 saturated carbocycles. The van der Waals surface area contributed by atoms with Gasteiger partial charge in [0.25, 0.3) is 50.5 Å². The normalized spacial score (nSPS) is 13.1. The third kappa shape index (κ3) is 10.2. The third-order valence-electron chi connectivity index (χ3n) is 9.45. The van der Waals surface area contributed by atoms with Crippen molar-refractivity contribution in [3.05, 3.63) is 109 Å². The monoisotopic (exact) mass is 1030 g/mol. The molecule has 0 aliphatic heterocycles. The Morgan fingerprint density at radius 1 is 0.471 bits per heavy atom. The molecule has 25 nitrogen and oxygen atoms in total. The van der Waals surface area contributed by atoms with Gasteiger partial charge in [-0.3, -0.25) is 22.9 Å². The minimum Gasteiger partial charge on any atom is -0.505 e. The van der Waals surface area contributed by atoms with Gasteiger partial charge in [0, 0.05) is 22.1 Å². The average molecular weight is 1030 g/mol. The van der Waals surface area contributed by atoms with Crippen molar-refractivity contribution in [2.45, 2.75) is 24.5 Å². The molecule has 0 heterocycles. The third-order valence-corrected chi connectivity index (χ3v) is 14.4. The standard InChI is InChI=1S/C38H30N10O15S5/c39-20-4-13-29(28(40)16-20)45-42-21-5-7-23(8-6-21)48-64(50,51)25-11-9-22(10-12-25)43-47-37-33(68(61,62)63)15-19-14-32(67(58,59)60)36(35(41)34(19)38(37)49)46-44-24-17-27-26(31(18-24)66(55,56)57)2-1-3-30(27)65(52,53)54/h1-18,48-49H,39-41H2,(H,52,53,54)(H,55,56,57)(H,58,59,60)(H,61,62,63)/b45-42+,46-44+,47-43+. The summed E-state index contributed by atoms with van der Waals surface area (Å²) in [6, 6.07) is 20.7. The van der Waals surface area contributed by atoms with Crippen molar-refractivity contribution in [1.82, 2.24) is 0 Å². The molecule has 0 bridgehead atoms. The van der Waals surface area contributed by atoms with Gasteiger partial charge in [-0.25, -0.2) is 8.42 Å². The van der Waals surface area contributed by atoms with Crippen LogP contribution in [0.15, 0.2) is 164 Å². The second-order valence-electron chi connectivity index (χ2n) is 14.1. The predicted molar refractivity (Wildman–Crippen MR) is 245 cm³/mol. The largest absolute Gasteiger partial charge is 0.505 e. The fourth-order valence-electron chi connectivity index (χ4n) is 6.40. The molecule has 12 N–H and O–H groups in total. The second-order valence-corrected chi connectivity index (χ2v) is 21.3. The molecule has 30 heteroatoms. The van der Waals surface area contributed by atoms with Gasteiger partial charge in [0.05, 0.1) is 38.7 Å². The average Bonchev–Trinajstić information content (AvgIpc) is 3.23. The molecule has 0 spiro atoms. The summed E-state index contributed by atoms with van der Waals surface area (Å²) in [7, 11) is -25.1. The lowest BCUT2D eigenvalue weighted by molar-refractivity contribution is 0.472. The molecule has 0 aliphatic carbocycles. The van der Waals surface area contributed by atoms with Crippen molar-refractivity contribution in [3.63, 3.8) is 0 Å². The zero-order chi connectivity index (χ0) is 49.7. The van der Waals surface area contributed by atoms with Crippen molar-refractivity contribution in [1.29, 1.82) is 0 Å². The molecule has 0 aromatic heterocycles. The van der Waals surface area contributed by atoms with Crippen LogP contribution in [-0.4, -0.2) is 65.4 Å². The molecule has 0 saturated heterocycles. The van der Waals surface area contributed by atoms with E-state index < -0.39 is 120 Å². The van der Waals surface area contributed by atoms with Crippen molar-refractivity contribution >= 4 is 129 Å². The number of nitrogens with one attached hydrogen (secondary N) is 1. The number of nitrogens with two attached hydrogens (primary N) is 3. The Morgan fingerprint density at radius 3 is 1.57 bits per heavy atom. The first-order valence-corrected chi connectivity index (χ1v) is 25.6. The minimum absolute atomic E-state index is 0.137. The number of benzene rings is 7. The Morgan fingerprint density at radius 2 is 1.00 bits per heavy atom. The van der Waals surface area contributed by atoms with Crippen LogP contribution >= 0.6 is 0 Å². The van der Waals surface area contributed by atoms with E-state index in [1.54, 1.807) is 12.1 Å². The molecule has 0 radical (unpaired) electrons. The van der Waals surface area contributed by atoms with Crippen LogP contribution in [0.1, 0.15) is 0 Å². The van der Waals surface area contributed by atoms with Gasteiger partial charge in [-0.1, -0.05) is 12.1 Å². The van der Waals surface area contributed by atoms with Gasteiger partial charge < -0.3 is 22.3 Å². The zero-order valence-corrected chi connectivity index (χ0v) is 37.7. The van der Waals surface area contributed by atoms with E-state index in [0.717, 1.165) is 48.5 Å². The number of phenolic OH excluding ortho intramolecular Hbond substituents is 1. The number of nitrogens with zero attached hydrogens (tertiary/aromatic N) is 6. The first kappa shape index (κ1) is 48.4. The lowest BCUT2D eigenvalue weighted by atomic mass is 10.1. The predicted octanol–water partition coefficient (Wildman–Crippen LogP) is 7.48. The Kier molecular flexibility index (Phi) is 12.5. The van der Waals surface area contributed by atoms with Crippen LogP contribution in [0.5, 0.6) is 5.75 Å². The van der Waals surface area contributed by atoms with E-state index in [2.05, 4.69) is 35.4 Å². The molecular weight excluding hydrogens is 997 g/mol. The SMILES string of the molecule is Nc1ccc(/N=N/c2ccc(NS(=O)(=O)c3ccc(/N=N/c4c(S(=O)(=O)O)cc5cc(S(=O)(=O)O)c(/N=N/c6cc(S(=O)(=O)O)c7cccc(S(=O)(=O)O)c7c6)c(N)c5c4O)cc3)cc2)c(N)c1. The molecule has 0 atom stereocenters. The summed E-state index contributed by atoms with van der Waals surface area (Å²) in [6.07, 6.45) is 0. The number of nitrogen functional groups attached to an aromatic ring is 3. The van der Waals surface area contributed by atoms with E-state index in [4.69, 9.17) is 17.2 Å². The number of azo groups is 3. The highest BCUT2D eigenvalue weighted by Crippen LogP contribution is 2.48. The summed E-state index contributed by atoms with van der Waals surface area (Å²) in [5.74, 6) is -1.17. The first-order chi connectivity index (χ1) is 31.6. The summed E-state index contributed by atoms with van der Waals surface area (Å²) in [5, 5.41) is 32.5. The number of aromatic hydroxyl groups is 1. The Bertz CT molecular complexity index is 3930. The Hall–Kier alpha value is -7.55. The molecule has 352 valence electrons. The van der Waals surface area contributed by atoms with Crippen molar-refractivity contribution in [2.75, 3.05) is 21.9 Å². The molecule has 7 aromatic rings. The maximum atomic E-state index is 13.2. The quantitative estimate of drug-likeness (QED) is 0.0307. The molecule has 7 rings (SSSR count). The van der Waals surface area contributed by atoms with E-state index in [1.807, 2.05) is 0 Å². The number of fused-ring (bicyclic) bond motifs is 2. The van der Waals surface area contributed by atoms with Gasteiger partial charge in [0.15, 0.2) is 5.75 Å². The van der Waals surface area contributed by atoms with Crippen LogP contribution in [0.4, 0.5) is 56.9 Å². The Balaban J connectivity index is 1.23. The summed E-state index contributed by atoms with van der Waals surface area (Å²) >= 11 is 0.